The van der Waals surface area contributed by atoms with E-state index in [9.17, 15) is 4.79 Å². The summed E-state index contributed by atoms with van der Waals surface area (Å²) >= 11 is 0. The second-order valence-electron chi connectivity index (χ2n) is 5.03. The van der Waals surface area contributed by atoms with Crippen molar-refractivity contribution in [3.05, 3.63) is 0 Å². The van der Waals surface area contributed by atoms with Gasteiger partial charge in [-0.2, -0.15) is 5.26 Å². The summed E-state index contributed by atoms with van der Waals surface area (Å²) in [6.07, 6.45) is 3.55. The van der Waals surface area contributed by atoms with E-state index in [1.807, 2.05) is 4.90 Å². The van der Waals surface area contributed by atoms with Crippen molar-refractivity contribution in [2.45, 2.75) is 31.7 Å². The Bertz CT molecular complexity index is 319. The van der Waals surface area contributed by atoms with Crippen LogP contribution in [0.1, 0.15) is 25.7 Å². The minimum Gasteiger partial charge on any atom is -0.339 e. The van der Waals surface area contributed by atoms with E-state index in [1.165, 1.54) is 0 Å². The molecule has 0 aromatic rings. The number of hydrogen-bond acceptors (Lipinski definition) is 4. The van der Waals surface area contributed by atoms with E-state index in [0.717, 1.165) is 58.5 Å². The molecule has 18 heavy (non-hydrogen) atoms. The number of carbonyl (C=O) groups is 1. The number of nitriles is 1. The lowest BCUT2D eigenvalue weighted by Crippen LogP contribution is -2.52. The van der Waals surface area contributed by atoms with Crippen LogP contribution in [0.4, 0.5) is 0 Å². The molecule has 1 amide bonds. The van der Waals surface area contributed by atoms with Crippen molar-refractivity contribution in [2.75, 3.05) is 39.3 Å². The largest absolute Gasteiger partial charge is 0.339 e. The van der Waals surface area contributed by atoms with Crippen molar-refractivity contribution < 1.29 is 4.79 Å². The fourth-order valence-electron chi connectivity index (χ4n) is 2.83. The van der Waals surface area contributed by atoms with Crippen LogP contribution in [0.3, 0.4) is 0 Å². The van der Waals surface area contributed by atoms with Gasteiger partial charge >= 0.3 is 0 Å². The summed E-state index contributed by atoms with van der Waals surface area (Å²) in [5.74, 6) is 0.297. The van der Waals surface area contributed by atoms with Gasteiger partial charge in [0.15, 0.2) is 0 Å². The van der Waals surface area contributed by atoms with E-state index in [0.29, 0.717) is 12.3 Å². The summed E-state index contributed by atoms with van der Waals surface area (Å²) in [6, 6.07) is 2.24. The van der Waals surface area contributed by atoms with E-state index >= 15 is 0 Å². The second kappa shape index (κ2) is 6.72. The Morgan fingerprint density at radius 2 is 2.11 bits per heavy atom. The van der Waals surface area contributed by atoms with Gasteiger partial charge < -0.3 is 10.2 Å². The predicted molar refractivity (Wildman–Crippen MR) is 68.9 cm³/mol. The van der Waals surface area contributed by atoms with Crippen LogP contribution < -0.4 is 5.32 Å². The smallest absolute Gasteiger partial charge is 0.240 e. The highest BCUT2D eigenvalue weighted by molar-refractivity contribution is 5.82. The minimum atomic E-state index is 0.0711. The van der Waals surface area contributed by atoms with Crippen LogP contribution in [-0.2, 0) is 4.79 Å². The molecule has 5 heteroatoms. The number of nitrogens with zero attached hydrogens (tertiary/aromatic N) is 3. The summed E-state index contributed by atoms with van der Waals surface area (Å²) in [5.41, 5.74) is 0. The number of likely N-dealkylation sites (tertiary alicyclic amines) is 1. The third kappa shape index (κ3) is 3.21. The quantitative estimate of drug-likeness (QED) is 0.723. The highest BCUT2D eigenvalue weighted by atomic mass is 16.2. The number of carbonyl (C=O) groups excluding carboxylic acids is 1. The standard InChI is InChI=1S/C13H22N4O/c14-5-1-2-8-16-9-3-4-12(16)13(18)17-10-6-15-7-11-17/h12,15H,1-4,6-11H2. The Kier molecular flexibility index (Phi) is 4.97. The molecule has 0 aliphatic carbocycles. The van der Waals surface area contributed by atoms with Crippen LogP contribution >= 0.6 is 0 Å². The fourth-order valence-corrected chi connectivity index (χ4v) is 2.83. The molecular formula is C13H22N4O. The third-order valence-electron chi connectivity index (χ3n) is 3.81. The van der Waals surface area contributed by atoms with Crippen molar-refractivity contribution in [3.8, 4) is 6.07 Å². The van der Waals surface area contributed by atoms with E-state index in [1.54, 1.807) is 0 Å². The first-order valence-corrected chi connectivity index (χ1v) is 6.93. The maximum atomic E-state index is 12.4. The minimum absolute atomic E-state index is 0.0711. The Morgan fingerprint density at radius 3 is 2.83 bits per heavy atom. The molecule has 2 saturated heterocycles. The topological polar surface area (TPSA) is 59.4 Å². The molecule has 1 unspecified atom stereocenters. The van der Waals surface area contributed by atoms with Crippen LogP contribution in [0.25, 0.3) is 0 Å². The van der Waals surface area contributed by atoms with Crippen molar-refractivity contribution in [1.29, 1.82) is 5.26 Å². The van der Waals surface area contributed by atoms with E-state index in [2.05, 4.69) is 16.3 Å². The SMILES string of the molecule is N#CCCCN1CCCC1C(=O)N1CCNCC1. The average molecular weight is 250 g/mol. The molecular weight excluding hydrogens is 228 g/mol. The van der Waals surface area contributed by atoms with E-state index < -0.39 is 0 Å². The summed E-state index contributed by atoms with van der Waals surface area (Å²) in [6.45, 7) is 5.38. The predicted octanol–water partition coefficient (Wildman–Crippen LogP) is 0.186. The number of piperazine rings is 1. The first-order valence-electron chi connectivity index (χ1n) is 6.93. The number of rotatable bonds is 4. The molecule has 1 atom stereocenters. The van der Waals surface area contributed by atoms with Gasteiger partial charge in [-0.25, -0.2) is 0 Å². The molecule has 0 saturated carbocycles. The molecule has 2 rings (SSSR count). The summed E-state index contributed by atoms with van der Waals surface area (Å²) in [4.78, 5) is 16.7. The molecule has 2 aliphatic heterocycles. The Labute approximate surface area is 109 Å². The van der Waals surface area contributed by atoms with Crippen LogP contribution in [0, 0.1) is 11.3 Å². The Balaban J connectivity index is 1.85. The van der Waals surface area contributed by atoms with Crippen LogP contribution in [-0.4, -0.2) is 61.0 Å². The van der Waals surface area contributed by atoms with Crippen molar-refractivity contribution in [1.82, 2.24) is 15.1 Å². The number of unbranched alkanes of at least 4 members (excludes halogenated alkanes) is 1. The van der Waals surface area contributed by atoms with Gasteiger partial charge in [-0.3, -0.25) is 9.69 Å². The molecule has 0 aromatic heterocycles. The van der Waals surface area contributed by atoms with Gasteiger partial charge in [-0.05, 0) is 32.4 Å². The van der Waals surface area contributed by atoms with Crippen molar-refractivity contribution in [2.24, 2.45) is 0 Å². The molecule has 5 nitrogen and oxygen atoms in total. The van der Waals surface area contributed by atoms with Gasteiger partial charge in [0.1, 0.15) is 0 Å². The molecule has 2 fully saturated rings. The van der Waals surface area contributed by atoms with Crippen LogP contribution in [0.5, 0.6) is 0 Å². The van der Waals surface area contributed by atoms with Gasteiger partial charge in [0, 0.05) is 32.6 Å². The first-order chi connectivity index (χ1) is 8.83. The molecule has 0 radical (unpaired) electrons. The lowest BCUT2D eigenvalue weighted by molar-refractivity contribution is -0.136. The van der Waals surface area contributed by atoms with Gasteiger partial charge in [0.05, 0.1) is 12.1 Å². The molecule has 100 valence electrons. The average Bonchev–Trinajstić information content (AvgIpc) is 2.88. The lowest BCUT2D eigenvalue weighted by atomic mass is 10.1. The summed E-state index contributed by atoms with van der Waals surface area (Å²) in [5, 5.41) is 11.8. The molecule has 2 aliphatic rings. The Morgan fingerprint density at radius 1 is 1.33 bits per heavy atom. The van der Waals surface area contributed by atoms with Gasteiger partial charge in [0.25, 0.3) is 0 Å². The fraction of sp³-hybridized carbons (Fsp3) is 0.846. The molecule has 2 heterocycles. The maximum Gasteiger partial charge on any atom is 0.240 e. The van der Waals surface area contributed by atoms with Gasteiger partial charge in [-0.15, -0.1) is 0 Å². The number of amides is 1. The van der Waals surface area contributed by atoms with Crippen molar-refractivity contribution in [3.63, 3.8) is 0 Å². The van der Waals surface area contributed by atoms with E-state index in [4.69, 9.17) is 5.26 Å². The van der Waals surface area contributed by atoms with Crippen LogP contribution in [0.2, 0.25) is 0 Å². The maximum absolute atomic E-state index is 12.4. The monoisotopic (exact) mass is 250 g/mol. The second-order valence-corrected chi connectivity index (χ2v) is 5.03. The summed E-state index contributed by atoms with van der Waals surface area (Å²) < 4.78 is 0. The zero-order valence-electron chi connectivity index (χ0n) is 10.9. The zero-order valence-corrected chi connectivity index (χ0v) is 10.9. The highest BCUT2D eigenvalue weighted by Gasteiger charge is 2.33. The lowest BCUT2D eigenvalue weighted by Gasteiger charge is -2.32. The molecule has 0 bridgehead atoms. The van der Waals surface area contributed by atoms with Crippen molar-refractivity contribution >= 4 is 5.91 Å². The van der Waals surface area contributed by atoms with E-state index in [-0.39, 0.29) is 6.04 Å². The van der Waals surface area contributed by atoms with Gasteiger partial charge in [0.2, 0.25) is 5.91 Å². The highest BCUT2D eigenvalue weighted by Crippen LogP contribution is 2.20. The third-order valence-corrected chi connectivity index (χ3v) is 3.81. The van der Waals surface area contributed by atoms with Gasteiger partial charge in [-0.1, -0.05) is 0 Å². The zero-order chi connectivity index (χ0) is 12.8. The molecule has 0 spiro atoms. The molecule has 1 N–H and O–H groups in total. The summed E-state index contributed by atoms with van der Waals surface area (Å²) in [7, 11) is 0. The number of hydrogen-bond donors (Lipinski definition) is 1. The Hall–Kier alpha value is -1.12. The first kappa shape index (κ1) is 13.3. The normalized spacial score (nSPS) is 25.1. The van der Waals surface area contributed by atoms with Crippen LogP contribution in [0.15, 0.2) is 0 Å². The number of nitrogens with one attached hydrogen (secondary N) is 1. The molecule has 0 aromatic carbocycles.